The molecule has 0 aliphatic carbocycles. The lowest BCUT2D eigenvalue weighted by atomic mass is 10.1. The van der Waals surface area contributed by atoms with Crippen molar-refractivity contribution < 1.29 is 4.79 Å². The Morgan fingerprint density at radius 1 is 1.80 bits per heavy atom. The molecule has 2 heteroatoms. The molecule has 0 aromatic heterocycles. The van der Waals surface area contributed by atoms with E-state index in [1.54, 1.807) is 0 Å². The van der Waals surface area contributed by atoms with Gasteiger partial charge in [-0.05, 0) is 12.6 Å². The number of carbonyl (C=O) groups is 1. The van der Waals surface area contributed by atoms with Crippen LogP contribution in [0, 0.1) is 5.92 Å². The summed E-state index contributed by atoms with van der Waals surface area (Å²) in [5.74, 6) is 0.179. The van der Waals surface area contributed by atoms with Gasteiger partial charge >= 0.3 is 0 Å². The van der Waals surface area contributed by atoms with Crippen molar-refractivity contribution in [3.8, 4) is 0 Å². The molecule has 0 aliphatic rings. The lowest BCUT2D eigenvalue weighted by molar-refractivity contribution is -0.117. The lowest BCUT2D eigenvalue weighted by Gasteiger charge is -2.06. The summed E-state index contributed by atoms with van der Waals surface area (Å²) in [7, 11) is 0. The fourth-order valence-electron chi connectivity index (χ4n) is 0.663. The van der Waals surface area contributed by atoms with Crippen LogP contribution in [0.5, 0.6) is 0 Å². The molecule has 0 fully saturated rings. The number of carbonyl (C=O) groups excluding carboxylic acids is 1. The molecule has 1 N–H and O–H groups in total. The molecule has 2 nitrogen and oxygen atoms in total. The summed E-state index contributed by atoms with van der Waals surface area (Å²) in [6.45, 7) is 8.99. The van der Waals surface area contributed by atoms with Crippen molar-refractivity contribution in [3.05, 3.63) is 12.7 Å². The van der Waals surface area contributed by atoms with Crippen molar-refractivity contribution in [2.45, 2.75) is 13.8 Å². The topological polar surface area (TPSA) is 29.1 Å². The van der Waals surface area contributed by atoms with E-state index in [1.165, 1.54) is 6.08 Å². The third-order valence-corrected chi connectivity index (χ3v) is 1.39. The maximum Gasteiger partial charge on any atom is 0.159 e. The third-order valence-electron chi connectivity index (χ3n) is 1.39. The summed E-state index contributed by atoms with van der Waals surface area (Å²) in [5.41, 5.74) is 0. The van der Waals surface area contributed by atoms with Crippen LogP contribution in [0.25, 0.3) is 0 Å². The van der Waals surface area contributed by atoms with Gasteiger partial charge in [0, 0.05) is 12.5 Å². The van der Waals surface area contributed by atoms with Crippen LogP contribution in [-0.2, 0) is 4.79 Å². The van der Waals surface area contributed by atoms with E-state index in [0.717, 1.165) is 13.1 Å². The first-order valence-electron chi connectivity index (χ1n) is 3.59. The zero-order chi connectivity index (χ0) is 7.98. The van der Waals surface area contributed by atoms with E-state index in [2.05, 4.69) is 11.9 Å². The monoisotopic (exact) mass is 141 g/mol. The molecule has 58 valence electrons. The van der Waals surface area contributed by atoms with E-state index in [4.69, 9.17) is 0 Å². The molecule has 0 bridgehead atoms. The van der Waals surface area contributed by atoms with Crippen LogP contribution in [0.1, 0.15) is 13.8 Å². The Morgan fingerprint density at radius 2 is 2.40 bits per heavy atom. The Morgan fingerprint density at radius 3 is 2.80 bits per heavy atom. The fraction of sp³-hybridized carbons (Fsp3) is 0.625. The standard InChI is InChI=1S/C8H15NO/c1-4-8(10)7(3)6-9-5-2/h4,7,9H,1,5-6H2,2-3H3. The van der Waals surface area contributed by atoms with E-state index in [-0.39, 0.29) is 11.7 Å². The molecule has 0 saturated heterocycles. The Kier molecular flexibility index (Phi) is 4.85. The summed E-state index contributed by atoms with van der Waals surface area (Å²) in [6.07, 6.45) is 1.38. The second-order valence-corrected chi connectivity index (χ2v) is 2.32. The normalized spacial score (nSPS) is 12.6. The van der Waals surface area contributed by atoms with Gasteiger partial charge in [0.15, 0.2) is 5.78 Å². The summed E-state index contributed by atoms with van der Waals surface area (Å²) in [4.78, 5) is 10.9. The zero-order valence-corrected chi connectivity index (χ0v) is 6.68. The second-order valence-electron chi connectivity index (χ2n) is 2.32. The van der Waals surface area contributed by atoms with Gasteiger partial charge in [0.25, 0.3) is 0 Å². The minimum absolute atomic E-state index is 0.0671. The van der Waals surface area contributed by atoms with Gasteiger partial charge in [0.05, 0.1) is 0 Å². The van der Waals surface area contributed by atoms with Crippen molar-refractivity contribution in [3.63, 3.8) is 0 Å². The fourth-order valence-corrected chi connectivity index (χ4v) is 0.663. The Balaban J connectivity index is 3.51. The molecule has 0 aromatic rings. The van der Waals surface area contributed by atoms with E-state index in [9.17, 15) is 4.79 Å². The van der Waals surface area contributed by atoms with Crippen molar-refractivity contribution >= 4 is 5.78 Å². The minimum atomic E-state index is 0.0671. The van der Waals surface area contributed by atoms with Crippen LogP contribution in [0.4, 0.5) is 0 Å². The summed E-state index contributed by atoms with van der Waals surface area (Å²) in [5, 5.41) is 3.09. The highest BCUT2D eigenvalue weighted by molar-refractivity contribution is 5.91. The van der Waals surface area contributed by atoms with Crippen LogP contribution in [0.2, 0.25) is 0 Å². The van der Waals surface area contributed by atoms with Gasteiger partial charge in [-0.15, -0.1) is 0 Å². The SMILES string of the molecule is C=CC(=O)C(C)CNCC. The highest BCUT2D eigenvalue weighted by atomic mass is 16.1. The van der Waals surface area contributed by atoms with Crippen molar-refractivity contribution in [1.82, 2.24) is 5.32 Å². The smallest absolute Gasteiger partial charge is 0.159 e. The molecule has 0 aliphatic heterocycles. The first kappa shape index (κ1) is 9.37. The number of hydrogen-bond acceptors (Lipinski definition) is 2. The molecule has 0 amide bonds. The number of rotatable bonds is 5. The maximum atomic E-state index is 10.9. The number of ketones is 1. The Hall–Kier alpha value is -0.630. The van der Waals surface area contributed by atoms with Crippen LogP contribution in [0.15, 0.2) is 12.7 Å². The van der Waals surface area contributed by atoms with E-state index >= 15 is 0 Å². The first-order chi connectivity index (χ1) is 4.72. The molecular formula is C8H15NO. The zero-order valence-electron chi connectivity index (χ0n) is 6.68. The predicted molar refractivity (Wildman–Crippen MR) is 42.9 cm³/mol. The predicted octanol–water partition coefficient (Wildman–Crippen LogP) is 0.987. The minimum Gasteiger partial charge on any atom is -0.316 e. The molecule has 0 saturated carbocycles. The highest BCUT2D eigenvalue weighted by Gasteiger charge is 2.06. The van der Waals surface area contributed by atoms with Gasteiger partial charge in [0.2, 0.25) is 0 Å². The molecule has 0 spiro atoms. The van der Waals surface area contributed by atoms with E-state index < -0.39 is 0 Å². The summed E-state index contributed by atoms with van der Waals surface area (Å²) < 4.78 is 0. The number of hydrogen-bond donors (Lipinski definition) is 1. The van der Waals surface area contributed by atoms with Gasteiger partial charge in [-0.1, -0.05) is 20.4 Å². The van der Waals surface area contributed by atoms with Gasteiger partial charge in [-0.25, -0.2) is 0 Å². The quantitative estimate of drug-likeness (QED) is 0.578. The third kappa shape index (κ3) is 3.41. The van der Waals surface area contributed by atoms with Gasteiger partial charge in [-0.2, -0.15) is 0 Å². The van der Waals surface area contributed by atoms with Crippen LogP contribution in [0.3, 0.4) is 0 Å². The molecule has 10 heavy (non-hydrogen) atoms. The molecule has 0 rings (SSSR count). The van der Waals surface area contributed by atoms with E-state index in [1.807, 2.05) is 13.8 Å². The highest BCUT2D eigenvalue weighted by Crippen LogP contribution is 1.94. The molecule has 1 unspecified atom stereocenters. The van der Waals surface area contributed by atoms with Crippen LogP contribution >= 0.6 is 0 Å². The Bertz CT molecular complexity index is 120. The lowest BCUT2D eigenvalue weighted by Crippen LogP contribution is -2.25. The van der Waals surface area contributed by atoms with Crippen LogP contribution in [-0.4, -0.2) is 18.9 Å². The van der Waals surface area contributed by atoms with Crippen LogP contribution < -0.4 is 5.32 Å². The summed E-state index contributed by atoms with van der Waals surface area (Å²) in [6, 6.07) is 0. The molecule has 0 heterocycles. The largest absolute Gasteiger partial charge is 0.316 e. The number of nitrogens with one attached hydrogen (secondary N) is 1. The second kappa shape index (κ2) is 5.18. The van der Waals surface area contributed by atoms with Crippen molar-refractivity contribution in [1.29, 1.82) is 0 Å². The van der Waals surface area contributed by atoms with Gasteiger partial charge in [-0.3, -0.25) is 4.79 Å². The number of allylic oxidation sites excluding steroid dienone is 1. The molecule has 0 aromatic carbocycles. The Labute approximate surface area is 62.3 Å². The molecule has 0 radical (unpaired) electrons. The van der Waals surface area contributed by atoms with Crippen molar-refractivity contribution in [2.24, 2.45) is 5.92 Å². The van der Waals surface area contributed by atoms with E-state index in [0.29, 0.717) is 0 Å². The average Bonchev–Trinajstić information content (AvgIpc) is 1.98. The average molecular weight is 141 g/mol. The first-order valence-corrected chi connectivity index (χ1v) is 3.59. The maximum absolute atomic E-state index is 10.9. The van der Waals surface area contributed by atoms with Crippen molar-refractivity contribution in [2.75, 3.05) is 13.1 Å². The molecular weight excluding hydrogens is 126 g/mol. The van der Waals surface area contributed by atoms with Gasteiger partial charge < -0.3 is 5.32 Å². The molecule has 1 atom stereocenters. The summed E-state index contributed by atoms with van der Waals surface area (Å²) >= 11 is 0. The van der Waals surface area contributed by atoms with Gasteiger partial charge in [0.1, 0.15) is 0 Å².